The van der Waals surface area contributed by atoms with Crippen molar-refractivity contribution in [3.8, 4) is 0 Å². The first kappa shape index (κ1) is 8.29. The number of nitrogens with one attached hydrogen (secondary N) is 1. The van der Waals surface area contributed by atoms with Gasteiger partial charge < -0.3 is 10.2 Å². The second kappa shape index (κ2) is 3.20. The summed E-state index contributed by atoms with van der Waals surface area (Å²) in [6.45, 7) is 1.37. The lowest BCUT2D eigenvalue weighted by molar-refractivity contribution is -0.135. The van der Waals surface area contributed by atoms with Gasteiger partial charge in [-0.05, 0) is 18.9 Å². The molecule has 1 saturated heterocycles. The molecular formula is C9H12N2O2. The highest BCUT2D eigenvalue weighted by Crippen LogP contribution is 2.14. The largest absolute Gasteiger partial charge is 0.354 e. The average Bonchev–Trinajstić information content (AvgIpc) is 2.52. The van der Waals surface area contributed by atoms with E-state index in [4.69, 9.17) is 0 Å². The SMILES string of the molecule is O=C1NCC[C@H]1N1CCC=CC1=O. The molecule has 0 saturated carbocycles. The Kier molecular flexibility index (Phi) is 2.04. The first-order valence-corrected chi connectivity index (χ1v) is 4.54. The molecule has 2 aliphatic heterocycles. The van der Waals surface area contributed by atoms with Crippen LogP contribution in [-0.2, 0) is 9.59 Å². The number of carbonyl (C=O) groups is 2. The van der Waals surface area contributed by atoms with Gasteiger partial charge in [0, 0.05) is 13.1 Å². The summed E-state index contributed by atoms with van der Waals surface area (Å²) in [7, 11) is 0. The molecule has 1 atom stereocenters. The van der Waals surface area contributed by atoms with Crippen molar-refractivity contribution in [2.75, 3.05) is 13.1 Å². The van der Waals surface area contributed by atoms with Crippen molar-refractivity contribution in [1.29, 1.82) is 0 Å². The maximum absolute atomic E-state index is 11.4. The number of rotatable bonds is 1. The van der Waals surface area contributed by atoms with Gasteiger partial charge in [-0.1, -0.05) is 6.08 Å². The van der Waals surface area contributed by atoms with Crippen LogP contribution in [0.15, 0.2) is 12.2 Å². The molecule has 2 amide bonds. The fraction of sp³-hybridized carbons (Fsp3) is 0.556. The van der Waals surface area contributed by atoms with E-state index >= 15 is 0 Å². The molecule has 70 valence electrons. The number of carbonyl (C=O) groups excluding carboxylic acids is 2. The van der Waals surface area contributed by atoms with Gasteiger partial charge >= 0.3 is 0 Å². The minimum Gasteiger partial charge on any atom is -0.354 e. The Labute approximate surface area is 76.6 Å². The molecule has 0 aromatic rings. The first-order valence-electron chi connectivity index (χ1n) is 4.54. The van der Waals surface area contributed by atoms with E-state index in [2.05, 4.69) is 5.32 Å². The summed E-state index contributed by atoms with van der Waals surface area (Å²) in [6, 6.07) is -0.225. The third kappa shape index (κ3) is 1.43. The van der Waals surface area contributed by atoms with E-state index in [1.807, 2.05) is 6.08 Å². The average molecular weight is 180 g/mol. The molecule has 0 radical (unpaired) electrons. The molecule has 0 unspecified atom stereocenters. The topological polar surface area (TPSA) is 49.4 Å². The third-order valence-corrected chi connectivity index (χ3v) is 2.48. The van der Waals surface area contributed by atoms with Gasteiger partial charge in [0.15, 0.2) is 0 Å². The molecule has 2 rings (SSSR count). The fourth-order valence-electron chi connectivity index (χ4n) is 1.79. The fourth-order valence-corrected chi connectivity index (χ4v) is 1.79. The smallest absolute Gasteiger partial charge is 0.246 e. The Hall–Kier alpha value is -1.32. The second-order valence-corrected chi connectivity index (χ2v) is 3.32. The molecule has 2 aliphatic rings. The minimum atomic E-state index is -0.225. The lowest BCUT2D eigenvalue weighted by Crippen LogP contribution is -2.45. The second-order valence-electron chi connectivity index (χ2n) is 3.32. The standard InChI is InChI=1S/C9H12N2O2/c12-8-3-1-2-6-11(8)7-4-5-10-9(7)13/h1,3,7H,2,4-6H2,(H,10,13)/t7-/m1/s1. The van der Waals surface area contributed by atoms with Gasteiger partial charge in [0.1, 0.15) is 6.04 Å². The molecule has 0 bridgehead atoms. The van der Waals surface area contributed by atoms with Crippen LogP contribution in [0.4, 0.5) is 0 Å². The van der Waals surface area contributed by atoms with Crippen molar-refractivity contribution in [2.24, 2.45) is 0 Å². The molecule has 0 aromatic carbocycles. The maximum atomic E-state index is 11.4. The molecule has 0 aromatic heterocycles. The zero-order valence-electron chi connectivity index (χ0n) is 7.32. The van der Waals surface area contributed by atoms with E-state index < -0.39 is 0 Å². The van der Waals surface area contributed by atoms with Crippen molar-refractivity contribution in [3.63, 3.8) is 0 Å². The Morgan fingerprint density at radius 3 is 2.92 bits per heavy atom. The number of hydrogen-bond acceptors (Lipinski definition) is 2. The van der Waals surface area contributed by atoms with Gasteiger partial charge in [0.2, 0.25) is 11.8 Å². The zero-order chi connectivity index (χ0) is 9.26. The van der Waals surface area contributed by atoms with E-state index in [1.165, 1.54) is 0 Å². The van der Waals surface area contributed by atoms with Crippen molar-refractivity contribution >= 4 is 11.8 Å². The predicted octanol–water partition coefficient (Wildman–Crippen LogP) is -0.337. The molecule has 4 heteroatoms. The van der Waals surface area contributed by atoms with Gasteiger partial charge in [-0.3, -0.25) is 9.59 Å². The molecule has 0 aliphatic carbocycles. The van der Waals surface area contributed by atoms with Gasteiger partial charge in [-0.25, -0.2) is 0 Å². The zero-order valence-corrected chi connectivity index (χ0v) is 7.32. The van der Waals surface area contributed by atoms with Crippen LogP contribution in [0.3, 0.4) is 0 Å². The van der Waals surface area contributed by atoms with Crippen LogP contribution >= 0.6 is 0 Å². The van der Waals surface area contributed by atoms with Crippen LogP contribution in [0.25, 0.3) is 0 Å². The molecular weight excluding hydrogens is 168 g/mol. The summed E-state index contributed by atoms with van der Waals surface area (Å²) >= 11 is 0. The summed E-state index contributed by atoms with van der Waals surface area (Å²) in [4.78, 5) is 24.3. The normalized spacial score (nSPS) is 28.0. The lowest BCUT2D eigenvalue weighted by Gasteiger charge is -2.27. The quantitative estimate of drug-likeness (QED) is 0.600. The van der Waals surface area contributed by atoms with Gasteiger partial charge in [0.25, 0.3) is 0 Å². The number of nitrogens with zero attached hydrogens (tertiary/aromatic N) is 1. The van der Waals surface area contributed by atoms with Crippen molar-refractivity contribution in [3.05, 3.63) is 12.2 Å². The third-order valence-electron chi connectivity index (χ3n) is 2.48. The maximum Gasteiger partial charge on any atom is 0.246 e. The molecule has 13 heavy (non-hydrogen) atoms. The molecule has 1 N–H and O–H groups in total. The Morgan fingerprint density at radius 1 is 1.46 bits per heavy atom. The molecule has 0 spiro atoms. The predicted molar refractivity (Wildman–Crippen MR) is 46.9 cm³/mol. The summed E-state index contributed by atoms with van der Waals surface area (Å²) in [5, 5.41) is 2.73. The monoisotopic (exact) mass is 180 g/mol. The number of amides is 2. The first-order chi connectivity index (χ1) is 6.29. The van der Waals surface area contributed by atoms with Crippen LogP contribution in [0.1, 0.15) is 12.8 Å². The Balaban J connectivity index is 2.11. The summed E-state index contributed by atoms with van der Waals surface area (Å²) in [6.07, 6.45) is 5.01. The Morgan fingerprint density at radius 2 is 2.31 bits per heavy atom. The van der Waals surface area contributed by atoms with Crippen molar-refractivity contribution in [1.82, 2.24) is 10.2 Å². The highest BCUT2D eigenvalue weighted by molar-refractivity contribution is 5.94. The van der Waals surface area contributed by atoms with E-state index in [9.17, 15) is 9.59 Å². The van der Waals surface area contributed by atoms with Gasteiger partial charge in [0.05, 0.1) is 0 Å². The molecule has 4 nitrogen and oxygen atoms in total. The molecule has 2 heterocycles. The minimum absolute atomic E-state index is 0.0105. The van der Waals surface area contributed by atoms with Crippen LogP contribution in [0, 0.1) is 0 Å². The summed E-state index contributed by atoms with van der Waals surface area (Å²) < 4.78 is 0. The van der Waals surface area contributed by atoms with Crippen molar-refractivity contribution in [2.45, 2.75) is 18.9 Å². The van der Waals surface area contributed by atoms with Crippen LogP contribution < -0.4 is 5.32 Å². The van der Waals surface area contributed by atoms with E-state index in [0.29, 0.717) is 13.1 Å². The van der Waals surface area contributed by atoms with Crippen LogP contribution in [0.5, 0.6) is 0 Å². The lowest BCUT2D eigenvalue weighted by atomic mass is 10.1. The van der Waals surface area contributed by atoms with E-state index in [-0.39, 0.29) is 17.9 Å². The van der Waals surface area contributed by atoms with Gasteiger partial charge in [-0.2, -0.15) is 0 Å². The molecule has 1 fully saturated rings. The van der Waals surface area contributed by atoms with Crippen LogP contribution in [-0.4, -0.2) is 35.8 Å². The van der Waals surface area contributed by atoms with Gasteiger partial charge in [-0.15, -0.1) is 0 Å². The summed E-state index contributed by atoms with van der Waals surface area (Å²) in [5.41, 5.74) is 0. The highest BCUT2D eigenvalue weighted by atomic mass is 16.2. The van der Waals surface area contributed by atoms with Crippen molar-refractivity contribution < 1.29 is 9.59 Å². The summed E-state index contributed by atoms with van der Waals surface area (Å²) in [5.74, 6) is -0.0445. The van der Waals surface area contributed by atoms with E-state index in [0.717, 1.165) is 12.8 Å². The highest BCUT2D eigenvalue weighted by Gasteiger charge is 2.32. The van der Waals surface area contributed by atoms with Crippen LogP contribution in [0.2, 0.25) is 0 Å². The Bertz CT molecular complexity index is 273. The number of hydrogen-bond donors (Lipinski definition) is 1. The van der Waals surface area contributed by atoms with E-state index in [1.54, 1.807) is 11.0 Å².